The van der Waals surface area contributed by atoms with Gasteiger partial charge in [-0.15, -0.1) is 0 Å². The van der Waals surface area contributed by atoms with Crippen LogP contribution in [-0.2, 0) is 0 Å². The van der Waals surface area contributed by atoms with Crippen molar-refractivity contribution < 1.29 is 4.74 Å². The van der Waals surface area contributed by atoms with Gasteiger partial charge in [-0.05, 0) is 6.42 Å². The summed E-state index contributed by atoms with van der Waals surface area (Å²) in [6.07, 6.45) is 5.38. The third kappa shape index (κ3) is 3.71. The molecule has 1 aromatic heterocycles. The molecular weight excluding hydrogens is 192 g/mol. The number of hydrogen-bond donors (Lipinski definition) is 2. The van der Waals surface area contributed by atoms with Crippen LogP contribution in [0.4, 0.5) is 5.95 Å². The Labute approximate surface area is 90.1 Å². The van der Waals surface area contributed by atoms with Crippen LogP contribution in [0.1, 0.15) is 19.8 Å². The summed E-state index contributed by atoms with van der Waals surface area (Å²) in [4.78, 5) is 8.23. The van der Waals surface area contributed by atoms with Gasteiger partial charge in [-0.25, -0.2) is 9.97 Å². The normalized spacial score (nSPS) is 12.2. The Morgan fingerprint density at radius 1 is 1.47 bits per heavy atom. The van der Waals surface area contributed by atoms with Gasteiger partial charge in [0, 0.05) is 12.6 Å². The molecule has 1 rings (SSSR count). The van der Waals surface area contributed by atoms with Gasteiger partial charge in [0.2, 0.25) is 5.95 Å². The van der Waals surface area contributed by atoms with Crippen molar-refractivity contribution in [3.8, 4) is 5.75 Å². The quantitative estimate of drug-likeness (QED) is 0.733. The molecule has 0 aromatic carbocycles. The van der Waals surface area contributed by atoms with Crippen molar-refractivity contribution in [2.45, 2.75) is 25.8 Å². The molecule has 1 heterocycles. The van der Waals surface area contributed by atoms with E-state index in [1.807, 2.05) is 0 Å². The number of methoxy groups -OCH3 is 1. The van der Waals surface area contributed by atoms with Crippen LogP contribution in [0.3, 0.4) is 0 Å². The minimum absolute atomic E-state index is 0.239. The van der Waals surface area contributed by atoms with Gasteiger partial charge in [0.15, 0.2) is 5.75 Å². The molecule has 15 heavy (non-hydrogen) atoms. The highest BCUT2D eigenvalue weighted by Crippen LogP contribution is 2.09. The molecule has 5 nitrogen and oxygen atoms in total. The van der Waals surface area contributed by atoms with Crippen LogP contribution in [-0.4, -0.2) is 29.7 Å². The molecule has 0 saturated carbocycles. The molecule has 1 unspecified atom stereocenters. The van der Waals surface area contributed by atoms with E-state index in [2.05, 4.69) is 22.2 Å². The highest BCUT2D eigenvalue weighted by atomic mass is 16.5. The zero-order valence-electron chi connectivity index (χ0n) is 9.23. The average molecular weight is 210 g/mol. The van der Waals surface area contributed by atoms with Gasteiger partial charge in [-0.1, -0.05) is 13.3 Å². The van der Waals surface area contributed by atoms with Gasteiger partial charge < -0.3 is 15.8 Å². The van der Waals surface area contributed by atoms with Crippen molar-refractivity contribution >= 4 is 5.95 Å². The highest BCUT2D eigenvalue weighted by Gasteiger charge is 2.06. The van der Waals surface area contributed by atoms with E-state index < -0.39 is 0 Å². The minimum Gasteiger partial charge on any atom is -0.494 e. The predicted octanol–water partition coefficient (Wildman–Crippen LogP) is 1.02. The summed E-state index contributed by atoms with van der Waals surface area (Å²) >= 11 is 0. The lowest BCUT2D eigenvalue weighted by atomic mass is 10.2. The number of nitrogens with two attached hydrogens (primary N) is 1. The molecule has 0 spiro atoms. The molecule has 84 valence electrons. The Hall–Kier alpha value is -1.36. The molecule has 5 heteroatoms. The van der Waals surface area contributed by atoms with Gasteiger partial charge in [0.25, 0.3) is 0 Å². The fraction of sp³-hybridized carbons (Fsp3) is 0.600. The van der Waals surface area contributed by atoms with Crippen molar-refractivity contribution in [1.82, 2.24) is 9.97 Å². The lowest BCUT2D eigenvalue weighted by molar-refractivity contribution is 0.411. The number of nitrogens with one attached hydrogen (secondary N) is 1. The smallest absolute Gasteiger partial charge is 0.223 e. The summed E-state index contributed by atoms with van der Waals surface area (Å²) in [5, 5.41) is 3.18. The van der Waals surface area contributed by atoms with E-state index in [4.69, 9.17) is 10.5 Å². The Morgan fingerprint density at radius 3 is 2.60 bits per heavy atom. The van der Waals surface area contributed by atoms with E-state index in [-0.39, 0.29) is 6.04 Å². The van der Waals surface area contributed by atoms with Crippen LogP contribution in [0, 0.1) is 0 Å². The van der Waals surface area contributed by atoms with Crippen LogP contribution in [0.15, 0.2) is 12.4 Å². The SMILES string of the molecule is CCCC(CN)Nc1ncc(OC)cn1. The number of ether oxygens (including phenoxy) is 1. The molecule has 0 radical (unpaired) electrons. The topological polar surface area (TPSA) is 73.1 Å². The highest BCUT2D eigenvalue weighted by molar-refractivity contribution is 5.28. The molecule has 0 bridgehead atoms. The number of aromatic nitrogens is 2. The maximum atomic E-state index is 5.62. The second kappa shape index (κ2) is 6.19. The molecule has 1 aromatic rings. The van der Waals surface area contributed by atoms with Gasteiger partial charge in [0.1, 0.15) is 0 Å². The standard InChI is InChI=1S/C10H18N4O/c1-3-4-8(5-11)14-10-12-6-9(15-2)7-13-10/h6-8H,3-5,11H2,1-2H3,(H,12,13,14). The minimum atomic E-state index is 0.239. The summed E-state index contributed by atoms with van der Waals surface area (Å²) in [5.41, 5.74) is 5.62. The third-order valence-electron chi connectivity index (χ3n) is 2.12. The fourth-order valence-corrected chi connectivity index (χ4v) is 1.28. The maximum Gasteiger partial charge on any atom is 0.223 e. The van der Waals surface area contributed by atoms with E-state index in [1.165, 1.54) is 0 Å². The largest absolute Gasteiger partial charge is 0.494 e. The number of anilines is 1. The first-order valence-corrected chi connectivity index (χ1v) is 5.12. The first-order valence-electron chi connectivity index (χ1n) is 5.12. The van der Waals surface area contributed by atoms with Crippen molar-refractivity contribution in [3.63, 3.8) is 0 Å². The van der Waals surface area contributed by atoms with Crippen molar-refractivity contribution in [2.75, 3.05) is 19.0 Å². The summed E-state index contributed by atoms with van der Waals surface area (Å²) < 4.78 is 4.97. The van der Waals surface area contributed by atoms with Gasteiger partial charge in [0.05, 0.1) is 19.5 Å². The second-order valence-corrected chi connectivity index (χ2v) is 3.31. The van der Waals surface area contributed by atoms with E-state index in [1.54, 1.807) is 19.5 Å². The maximum absolute atomic E-state index is 5.62. The first kappa shape index (κ1) is 11.7. The third-order valence-corrected chi connectivity index (χ3v) is 2.12. The van der Waals surface area contributed by atoms with Gasteiger partial charge in [-0.3, -0.25) is 0 Å². The van der Waals surface area contributed by atoms with Crippen molar-refractivity contribution in [2.24, 2.45) is 5.73 Å². The van der Waals surface area contributed by atoms with E-state index in [0.717, 1.165) is 12.8 Å². The molecule has 0 saturated heterocycles. The number of hydrogen-bond acceptors (Lipinski definition) is 5. The zero-order chi connectivity index (χ0) is 11.1. The van der Waals surface area contributed by atoms with E-state index in [9.17, 15) is 0 Å². The molecule has 0 aliphatic rings. The molecule has 3 N–H and O–H groups in total. The zero-order valence-corrected chi connectivity index (χ0v) is 9.23. The molecule has 0 fully saturated rings. The summed E-state index contributed by atoms with van der Waals surface area (Å²) in [5.74, 6) is 1.25. The Balaban J connectivity index is 2.55. The molecular formula is C10H18N4O. The lowest BCUT2D eigenvalue weighted by Gasteiger charge is -2.15. The molecule has 0 aliphatic carbocycles. The van der Waals surface area contributed by atoms with Crippen LogP contribution in [0.25, 0.3) is 0 Å². The van der Waals surface area contributed by atoms with Crippen LogP contribution in [0.2, 0.25) is 0 Å². The first-order chi connectivity index (χ1) is 7.30. The van der Waals surface area contributed by atoms with Crippen LogP contribution < -0.4 is 15.8 Å². The lowest BCUT2D eigenvalue weighted by Crippen LogP contribution is -2.29. The van der Waals surface area contributed by atoms with Gasteiger partial charge in [-0.2, -0.15) is 0 Å². The predicted molar refractivity (Wildman–Crippen MR) is 60.0 cm³/mol. The van der Waals surface area contributed by atoms with E-state index in [0.29, 0.717) is 18.2 Å². The monoisotopic (exact) mass is 210 g/mol. The summed E-state index contributed by atoms with van der Waals surface area (Å²) in [6, 6.07) is 0.239. The molecule has 0 aliphatic heterocycles. The Bertz CT molecular complexity index is 275. The van der Waals surface area contributed by atoms with Crippen LogP contribution >= 0.6 is 0 Å². The number of rotatable bonds is 6. The van der Waals surface area contributed by atoms with Gasteiger partial charge >= 0.3 is 0 Å². The fourth-order valence-electron chi connectivity index (χ4n) is 1.28. The average Bonchev–Trinajstić information content (AvgIpc) is 2.29. The Kier molecular flexibility index (Phi) is 4.83. The number of nitrogens with zero attached hydrogens (tertiary/aromatic N) is 2. The molecule has 1 atom stereocenters. The molecule has 0 amide bonds. The van der Waals surface area contributed by atoms with Crippen molar-refractivity contribution in [1.29, 1.82) is 0 Å². The van der Waals surface area contributed by atoms with Crippen LogP contribution in [0.5, 0.6) is 5.75 Å². The van der Waals surface area contributed by atoms with Crippen molar-refractivity contribution in [3.05, 3.63) is 12.4 Å². The van der Waals surface area contributed by atoms with E-state index >= 15 is 0 Å². The Morgan fingerprint density at radius 2 is 2.13 bits per heavy atom. The summed E-state index contributed by atoms with van der Waals surface area (Å²) in [6.45, 7) is 2.71. The summed E-state index contributed by atoms with van der Waals surface area (Å²) in [7, 11) is 1.59. The second-order valence-electron chi connectivity index (χ2n) is 3.31.